The van der Waals surface area contributed by atoms with Crippen LogP contribution in [-0.2, 0) is 15.7 Å². The molecule has 4 aromatic rings. The molecule has 1 fully saturated rings. The van der Waals surface area contributed by atoms with E-state index in [-0.39, 0.29) is 6.09 Å². The molecule has 0 radical (unpaired) electrons. The van der Waals surface area contributed by atoms with Gasteiger partial charge in [0.05, 0.1) is 19.6 Å². The van der Waals surface area contributed by atoms with E-state index in [9.17, 15) is 9.00 Å². The number of methoxy groups -OCH3 is 2. The molecular weight excluding hydrogens is 556 g/mol. The minimum Gasteiger partial charge on any atom is -0.495 e. The monoisotopic (exact) mass is 592 g/mol. The van der Waals surface area contributed by atoms with Crippen molar-refractivity contribution in [3.63, 3.8) is 0 Å². The molecule has 5 rings (SSSR count). The minimum absolute atomic E-state index is 0.272. The molecule has 1 aliphatic heterocycles. The van der Waals surface area contributed by atoms with Gasteiger partial charge in [-0.15, -0.1) is 0 Å². The van der Waals surface area contributed by atoms with Crippen LogP contribution in [0.1, 0.15) is 26.3 Å². The van der Waals surface area contributed by atoms with Crippen LogP contribution >= 0.6 is 0 Å². The molecule has 1 aromatic heterocycles. The first-order chi connectivity index (χ1) is 20.1. The van der Waals surface area contributed by atoms with E-state index in [1.807, 2.05) is 45.9 Å². The first-order valence-corrected chi connectivity index (χ1v) is 14.9. The van der Waals surface area contributed by atoms with E-state index < -0.39 is 16.6 Å². The minimum atomic E-state index is -1.72. The van der Waals surface area contributed by atoms with Crippen LogP contribution in [0.4, 0.5) is 16.3 Å². The maximum Gasteiger partial charge on any atom is 0.410 e. The number of hydrogen-bond acceptors (Lipinski definition) is 8. The topological polar surface area (TPSA) is 106 Å². The Morgan fingerprint density at radius 1 is 0.976 bits per heavy atom. The first-order valence-electron chi connectivity index (χ1n) is 13.7. The van der Waals surface area contributed by atoms with E-state index in [0.29, 0.717) is 59.4 Å². The summed E-state index contributed by atoms with van der Waals surface area (Å²) in [5, 5.41) is 4.89. The van der Waals surface area contributed by atoms with Crippen molar-refractivity contribution in [2.24, 2.45) is 0 Å². The predicted octanol–water partition coefficient (Wildman–Crippen LogP) is 6.01. The van der Waals surface area contributed by atoms with E-state index in [1.165, 1.54) is 14.2 Å². The number of rotatable bonds is 7. The lowest BCUT2D eigenvalue weighted by Crippen LogP contribution is -2.50. The lowest BCUT2D eigenvalue weighted by Gasteiger charge is -2.36. The Labute approximate surface area is 248 Å². The van der Waals surface area contributed by atoms with Gasteiger partial charge in [0.2, 0.25) is 0 Å². The molecule has 3 aromatic carbocycles. The average Bonchev–Trinajstić information content (AvgIpc) is 3.36. The Kier molecular flexibility index (Phi) is 8.31. The van der Waals surface area contributed by atoms with E-state index in [2.05, 4.69) is 33.0 Å². The van der Waals surface area contributed by atoms with E-state index in [0.717, 1.165) is 22.4 Å². The molecule has 1 atom stereocenters. The van der Waals surface area contributed by atoms with Crippen LogP contribution in [0.25, 0.3) is 22.1 Å². The van der Waals surface area contributed by atoms with Crippen molar-refractivity contribution in [2.75, 3.05) is 50.0 Å². The smallest absolute Gasteiger partial charge is 0.410 e. The highest BCUT2D eigenvalue weighted by atomic mass is 32.2. The molecule has 0 spiro atoms. The standard InChI is InChI=1S/C31H36N4O6S/c1-20-17-24-27(41-32-29(24)33-42(37)28-25(38-5)11-8-12-26(28)39-6)19-23(20)21-9-7-10-22(18-21)34-13-15-35(16-14-34)30(36)40-31(2,3)4/h7-12,17-19H,13-16H2,1-6H3,(H,32,33). The van der Waals surface area contributed by atoms with E-state index in [4.69, 9.17) is 18.7 Å². The summed E-state index contributed by atoms with van der Waals surface area (Å²) < 4.78 is 38.3. The van der Waals surface area contributed by atoms with Gasteiger partial charge in [0.25, 0.3) is 0 Å². The van der Waals surface area contributed by atoms with Gasteiger partial charge in [-0.1, -0.05) is 23.4 Å². The SMILES string of the molecule is COc1cccc(OC)c1S(=O)Nc1noc2cc(-c3cccc(N4CCN(C(=O)OC(C)(C)C)CC4)c3)c(C)cc12. The summed E-state index contributed by atoms with van der Waals surface area (Å²) in [4.78, 5) is 16.9. The van der Waals surface area contributed by atoms with Crippen LogP contribution in [0.15, 0.2) is 64.0 Å². The van der Waals surface area contributed by atoms with Gasteiger partial charge in [0, 0.05) is 31.9 Å². The first kappa shape index (κ1) is 29.2. The number of piperazine rings is 1. The van der Waals surface area contributed by atoms with Crippen molar-refractivity contribution in [3.05, 3.63) is 60.2 Å². The molecule has 1 aliphatic rings. The zero-order valence-electron chi connectivity index (χ0n) is 24.7. The third-order valence-electron chi connectivity index (χ3n) is 7.03. The highest BCUT2D eigenvalue weighted by molar-refractivity contribution is 7.86. The number of fused-ring (bicyclic) bond motifs is 1. The molecule has 10 nitrogen and oxygen atoms in total. The molecular formula is C31H36N4O6S. The number of carbonyl (C=O) groups excluding carboxylic acids is 1. The van der Waals surface area contributed by atoms with Gasteiger partial charge in [-0.05, 0) is 80.8 Å². The van der Waals surface area contributed by atoms with Gasteiger partial charge in [-0.25, -0.2) is 9.00 Å². The highest BCUT2D eigenvalue weighted by Crippen LogP contribution is 2.36. The fraction of sp³-hybridized carbons (Fsp3) is 0.355. The Hall–Kier alpha value is -4.25. The molecule has 1 saturated heterocycles. The van der Waals surface area contributed by atoms with Gasteiger partial charge in [0.1, 0.15) is 22.0 Å². The van der Waals surface area contributed by atoms with Crippen molar-refractivity contribution in [3.8, 4) is 22.6 Å². The fourth-order valence-corrected chi connectivity index (χ4v) is 6.05. The van der Waals surface area contributed by atoms with Crippen LogP contribution in [0.5, 0.6) is 11.5 Å². The Morgan fingerprint density at radius 3 is 2.29 bits per heavy atom. The number of nitrogens with one attached hydrogen (secondary N) is 1. The second kappa shape index (κ2) is 11.9. The number of carbonyl (C=O) groups is 1. The number of anilines is 2. The van der Waals surface area contributed by atoms with Crippen molar-refractivity contribution in [1.29, 1.82) is 0 Å². The van der Waals surface area contributed by atoms with E-state index >= 15 is 0 Å². The van der Waals surface area contributed by atoms with Crippen molar-refractivity contribution in [2.45, 2.75) is 38.2 Å². The summed E-state index contributed by atoms with van der Waals surface area (Å²) in [6.45, 7) is 10.3. The van der Waals surface area contributed by atoms with Crippen molar-refractivity contribution >= 4 is 39.6 Å². The number of hydrogen-bond donors (Lipinski definition) is 1. The highest BCUT2D eigenvalue weighted by Gasteiger charge is 2.26. The number of nitrogens with zero attached hydrogens (tertiary/aromatic N) is 3. The molecule has 222 valence electrons. The molecule has 0 aliphatic carbocycles. The largest absolute Gasteiger partial charge is 0.495 e. The summed E-state index contributed by atoms with van der Waals surface area (Å²) in [6, 6.07) is 17.5. The second-order valence-corrected chi connectivity index (χ2v) is 12.2. The lowest BCUT2D eigenvalue weighted by molar-refractivity contribution is 0.0240. The molecule has 1 unspecified atom stereocenters. The van der Waals surface area contributed by atoms with Crippen LogP contribution in [0.3, 0.4) is 0 Å². The molecule has 1 amide bonds. The molecule has 42 heavy (non-hydrogen) atoms. The zero-order valence-corrected chi connectivity index (χ0v) is 25.5. The number of amides is 1. The normalized spacial score (nSPS) is 14.5. The van der Waals surface area contributed by atoms with Gasteiger partial charge in [-0.2, -0.15) is 0 Å². The van der Waals surface area contributed by atoms with Gasteiger partial charge in [-0.3, -0.25) is 4.72 Å². The third-order valence-corrected chi connectivity index (χ3v) is 8.18. The molecule has 0 saturated carbocycles. The van der Waals surface area contributed by atoms with Gasteiger partial charge >= 0.3 is 6.09 Å². The quantitative estimate of drug-likeness (QED) is 0.278. The summed E-state index contributed by atoms with van der Waals surface area (Å²) in [6.07, 6.45) is -0.272. The summed E-state index contributed by atoms with van der Waals surface area (Å²) in [5.41, 5.74) is 4.19. The molecule has 1 N–H and O–H groups in total. The van der Waals surface area contributed by atoms with Gasteiger partial charge in [0.15, 0.2) is 22.4 Å². The number of ether oxygens (including phenoxy) is 3. The summed E-state index contributed by atoms with van der Waals surface area (Å²) in [5.74, 6) is 1.25. The van der Waals surface area contributed by atoms with Crippen LogP contribution in [0, 0.1) is 6.92 Å². The zero-order chi connectivity index (χ0) is 30.0. The number of aryl methyl sites for hydroxylation is 1. The maximum absolute atomic E-state index is 13.3. The van der Waals surface area contributed by atoms with Crippen LogP contribution in [-0.4, -0.2) is 66.4 Å². The van der Waals surface area contributed by atoms with Gasteiger partial charge < -0.3 is 28.5 Å². The maximum atomic E-state index is 13.3. The second-order valence-electron chi connectivity index (χ2n) is 11.1. The van der Waals surface area contributed by atoms with Crippen molar-refractivity contribution in [1.82, 2.24) is 10.1 Å². The predicted molar refractivity (Wildman–Crippen MR) is 164 cm³/mol. The Bertz CT molecular complexity index is 1600. The average molecular weight is 593 g/mol. The molecule has 11 heteroatoms. The van der Waals surface area contributed by atoms with Crippen LogP contribution < -0.4 is 19.1 Å². The Morgan fingerprint density at radius 2 is 1.64 bits per heavy atom. The third kappa shape index (κ3) is 6.15. The number of benzene rings is 3. The number of aromatic nitrogens is 1. The van der Waals surface area contributed by atoms with E-state index in [1.54, 1.807) is 23.1 Å². The molecule has 0 bridgehead atoms. The van der Waals surface area contributed by atoms with Crippen molar-refractivity contribution < 1.29 is 27.7 Å². The van der Waals surface area contributed by atoms with Crippen LogP contribution in [0.2, 0.25) is 0 Å². The Balaban J connectivity index is 1.34. The molecule has 2 heterocycles. The summed E-state index contributed by atoms with van der Waals surface area (Å²) in [7, 11) is 1.32. The fourth-order valence-electron chi connectivity index (χ4n) is 4.96. The summed E-state index contributed by atoms with van der Waals surface area (Å²) >= 11 is 0. The lowest BCUT2D eigenvalue weighted by atomic mass is 9.98.